The summed E-state index contributed by atoms with van der Waals surface area (Å²) in [7, 11) is -3.86. The SMILES string of the molecule is O=C(CN(Cc1ccccc1)S(=O)(=O)c1ccc(Br)cc1)NN=C1CCCCCC1. The Morgan fingerprint density at radius 1 is 0.967 bits per heavy atom. The lowest BCUT2D eigenvalue weighted by molar-refractivity contribution is -0.121. The van der Waals surface area contributed by atoms with Crippen LogP contribution in [-0.2, 0) is 21.4 Å². The highest BCUT2D eigenvalue weighted by Gasteiger charge is 2.27. The Kier molecular flexibility index (Phi) is 8.18. The van der Waals surface area contributed by atoms with Gasteiger partial charge in [0.15, 0.2) is 0 Å². The van der Waals surface area contributed by atoms with Crippen LogP contribution in [-0.4, -0.2) is 30.9 Å². The summed E-state index contributed by atoms with van der Waals surface area (Å²) in [6.45, 7) is -0.201. The molecule has 6 nitrogen and oxygen atoms in total. The molecule has 0 radical (unpaired) electrons. The minimum atomic E-state index is -3.86. The van der Waals surface area contributed by atoms with Gasteiger partial charge in [0.1, 0.15) is 0 Å². The molecule has 2 aromatic carbocycles. The van der Waals surface area contributed by atoms with Crippen molar-refractivity contribution in [3.8, 4) is 0 Å². The van der Waals surface area contributed by atoms with Crippen molar-refractivity contribution in [1.82, 2.24) is 9.73 Å². The van der Waals surface area contributed by atoms with E-state index in [4.69, 9.17) is 0 Å². The average molecular weight is 492 g/mol. The molecule has 0 heterocycles. The smallest absolute Gasteiger partial charge is 0.255 e. The number of hydrogen-bond acceptors (Lipinski definition) is 4. The third-order valence-corrected chi connectivity index (χ3v) is 7.33. The number of hydrazone groups is 1. The Labute approximate surface area is 186 Å². The Balaban J connectivity index is 1.77. The molecule has 1 saturated carbocycles. The van der Waals surface area contributed by atoms with Crippen LogP contribution in [0.1, 0.15) is 44.1 Å². The molecular weight excluding hydrogens is 466 g/mol. The first-order valence-electron chi connectivity index (χ1n) is 10.1. The highest BCUT2D eigenvalue weighted by molar-refractivity contribution is 9.10. The van der Waals surface area contributed by atoms with Crippen LogP contribution in [0, 0.1) is 0 Å². The molecule has 0 unspecified atom stereocenters. The quantitative estimate of drug-likeness (QED) is 0.458. The van der Waals surface area contributed by atoms with Gasteiger partial charge in [-0.2, -0.15) is 9.41 Å². The number of nitrogens with zero attached hydrogens (tertiary/aromatic N) is 2. The van der Waals surface area contributed by atoms with Gasteiger partial charge in [0.05, 0.1) is 11.4 Å². The summed E-state index contributed by atoms with van der Waals surface area (Å²) in [4.78, 5) is 12.7. The predicted octanol–water partition coefficient (Wildman–Crippen LogP) is 4.47. The number of carbonyl (C=O) groups is 1. The van der Waals surface area contributed by atoms with E-state index in [1.165, 1.54) is 29.3 Å². The Bertz CT molecular complexity index is 966. The van der Waals surface area contributed by atoms with Gasteiger partial charge in [-0.3, -0.25) is 4.79 Å². The zero-order valence-corrected chi connectivity index (χ0v) is 19.2. The van der Waals surface area contributed by atoms with Crippen molar-refractivity contribution in [3.05, 3.63) is 64.6 Å². The van der Waals surface area contributed by atoms with Crippen LogP contribution in [0.2, 0.25) is 0 Å². The number of sulfonamides is 1. The van der Waals surface area contributed by atoms with Crippen molar-refractivity contribution >= 4 is 37.6 Å². The van der Waals surface area contributed by atoms with E-state index in [-0.39, 0.29) is 18.0 Å². The zero-order valence-electron chi connectivity index (χ0n) is 16.8. The zero-order chi connectivity index (χ0) is 21.4. The third-order valence-electron chi connectivity index (χ3n) is 4.99. The van der Waals surface area contributed by atoms with Gasteiger partial charge in [-0.05, 0) is 55.5 Å². The summed E-state index contributed by atoms with van der Waals surface area (Å²) in [6, 6.07) is 15.6. The van der Waals surface area contributed by atoms with Gasteiger partial charge in [0, 0.05) is 16.7 Å². The average Bonchev–Trinajstić information content (AvgIpc) is 3.02. The number of carbonyl (C=O) groups excluding carboxylic acids is 1. The molecule has 0 aromatic heterocycles. The summed E-state index contributed by atoms with van der Waals surface area (Å²) in [5, 5.41) is 4.26. The Morgan fingerprint density at radius 3 is 2.23 bits per heavy atom. The molecule has 2 aromatic rings. The Hall–Kier alpha value is -2.03. The van der Waals surface area contributed by atoms with Crippen LogP contribution in [0.3, 0.4) is 0 Å². The first-order chi connectivity index (χ1) is 14.4. The van der Waals surface area contributed by atoms with Crippen molar-refractivity contribution in [2.24, 2.45) is 5.10 Å². The molecule has 0 saturated heterocycles. The fourth-order valence-corrected chi connectivity index (χ4v) is 5.00. The van der Waals surface area contributed by atoms with E-state index in [0.717, 1.165) is 41.4 Å². The van der Waals surface area contributed by atoms with E-state index < -0.39 is 15.9 Å². The highest BCUT2D eigenvalue weighted by atomic mass is 79.9. The maximum atomic E-state index is 13.2. The fraction of sp³-hybridized carbons (Fsp3) is 0.364. The van der Waals surface area contributed by atoms with E-state index >= 15 is 0 Å². The van der Waals surface area contributed by atoms with Crippen LogP contribution in [0.25, 0.3) is 0 Å². The first kappa shape index (κ1) is 22.7. The lowest BCUT2D eigenvalue weighted by Gasteiger charge is -2.21. The van der Waals surface area contributed by atoms with Crippen LogP contribution in [0.4, 0.5) is 0 Å². The fourth-order valence-electron chi connectivity index (χ4n) is 3.35. The van der Waals surface area contributed by atoms with E-state index in [0.29, 0.717) is 0 Å². The molecule has 30 heavy (non-hydrogen) atoms. The van der Waals surface area contributed by atoms with Crippen LogP contribution in [0.5, 0.6) is 0 Å². The van der Waals surface area contributed by atoms with Crippen molar-refractivity contribution in [3.63, 3.8) is 0 Å². The van der Waals surface area contributed by atoms with Gasteiger partial charge >= 0.3 is 0 Å². The summed E-state index contributed by atoms with van der Waals surface area (Å²) in [5.74, 6) is -0.441. The summed E-state index contributed by atoms with van der Waals surface area (Å²) in [6.07, 6.45) is 6.28. The number of nitrogens with one attached hydrogen (secondary N) is 1. The largest absolute Gasteiger partial charge is 0.272 e. The monoisotopic (exact) mass is 491 g/mol. The van der Waals surface area contributed by atoms with Gasteiger partial charge in [0.25, 0.3) is 5.91 Å². The lowest BCUT2D eigenvalue weighted by atomic mass is 10.2. The molecule has 0 aliphatic heterocycles. The summed E-state index contributed by atoms with van der Waals surface area (Å²) >= 11 is 3.32. The van der Waals surface area contributed by atoms with Crippen molar-refractivity contribution in [2.45, 2.75) is 50.0 Å². The summed E-state index contributed by atoms with van der Waals surface area (Å²) in [5.41, 5.74) is 4.35. The molecule has 1 aliphatic carbocycles. The molecule has 0 atom stereocenters. The van der Waals surface area contributed by atoms with Gasteiger partial charge in [-0.15, -0.1) is 0 Å². The van der Waals surface area contributed by atoms with Crippen molar-refractivity contribution in [1.29, 1.82) is 0 Å². The van der Waals surface area contributed by atoms with Crippen molar-refractivity contribution in [2.75, 3.05) is 6.54 Å². The number of halogens is 1. The number of benzene rings is 2. The van der Waals surface area contributed by atoms with Crippen molar-refractivity contribution < 1.29 is 13.2 Å². The number of hydrogen-bond donors (Lipinski definition) is 1. The topological polar surface area (TPSA) is 78.8 Å². The first-order valence-corrected chi connectivity index (χ1v) is 12.3. The van der Waals surface area contributed by atoms with Gasteiger partial charge in [-0.25, -0.2) is 13.8 Å². The molecule has 3 rings (SSSR count). The molecule has 0 spiro atoms. The normalized spacial score (nSPS) is 14.9. The third kappa shape index (κ3) is 6.48. The lowest BCUT2D eigenvalue weighted by Crippen LogP contribution is -2.39. The molecule has 1 amide bonds. The second-order valence-electron chi connectivity index (χ2n) is 7.34. The van der Waals surface area contributed by atoms with E-state index in [9.17, 15) is 13.2 Å². The predicted molar refractivity (Wildman–Crippen MR) is 121 cm³/mol. The van der Waals surface area contributed by atoms with Gasteiger partial charge in [-0.1, -0.05) is 59.1 Å². The van der Waals surface area contributed by atoms with Gasteiger partial charge in [0.2, 0.25) is 10.0 Å². The second kappa shape index (κ2) is 10.8. The van der Waals surface area contributed by atoms with E-state index in [1.807, 2.05) is 30.3 Å². The molecule has 160 valence electrons. The molecule has 1 N–H and O–H groups in total. The minimum Gasteiger partial charge on any atom is -0.272 e. The summed E-state index contributed by atoms with van der Waals surface area (Å²) < 4.78 is 28.4. The molecule has 0 bridgehead atoms. The molecule has 8 heteroatoms. The maximum Gasteiger partial charge on any atom is 0.255 e. The Morgan fingerprint density at radius 2 is 1.60 bits per heavy atom. The van der Waals surface area contributed by atoms with Crippen LogP contribution >= 0.6 is 15.9 Å². The molecule has 1 aliphatic rings. The standard InChI is InChI=1S/C22H26BrN3O3S/c23-19-12-14-21(15-13-19)30(28,29)26(16-18-8-4-3-5-9-18)17-22(27)25-24-20-10-6-1-2-7-11-20/h3-5,8-9,12-15H,1-2,6-7,10-11,16-17H2,(H,25,27). The number of rotatable bonds is 7. The van der Waals surface area contributed by atoms with Crippen LogP contribution in [0.15, 0.2) is 69.1 Å². The van der Waals surface area contributed by atoms with Gasteiger partial charge < -0.3 is 0 Å². The minimum absolute atomic E-state index is 0.100. The second-order valence-corrected chi connectivity index (χ2v) is 10.2. The van der Waals surface area contributed by atoms with E-state index in [2.05, 4.69) is 26.5 Å². The van der Waals surface area contributed by atoms with Crippen LogP contribution < -0.4 is 5.43 Å². The molecular formula is C22H26BrN3O3S. The number of amides is 1. The van der Waals surface area contributed by atoms with E-state index in [1.54, 1.807) is 12.1 Å². The molecule has 1 fully saturated rings. The highest BCUT2D eigenvalue weighted by Crippen LogP contribution is 2.21. The maximum absolute atomic E-state index is 13.2.